The Kier molecular flexibility index (Phi) is 4.86. The van der Waals surface area contributed by atoms with Crippen LogP contribution in [0.5, 0.6) is 0 Å². The summed E-state index contributed by atoms with van der Waals surface area (Å²) in [4.78, 5) is 11.5. The molecular weight excluding hydrogens is 196 g/mol. The number of hydrogen-bond donors (Lipinski definition) is 2. The molecule has 3 N–H and O–H groups in total. The van der Waals surface area contributed by atoms with E-state index in [-0.39, 0.29) is 5.91 Å². The number of amides is 1. The van der Waals surface area contributed by atoms with Crippen LogP contribution in [0.4, 0.5) is 0 Å². The zero-order valence-electron chi connectivity index (χ0n) is 8.79. The number of rotatable bonds is 6. The first-order valence-corrected chi connectivity index (χ1v) is 4.86. The van der Waals surface area contributed by atoms with Gasteiger partial charge < -0.3 is 20.2 Å². The average molecular weight is 212 g/mol. The van der Waals surface area contributed by atoms with E-state index >= 15 is 0 Å². The first kappa shape index (κ1) is 11.7. The first-order chi connectivity index (χ1) is 7.25. The van der Waals surface area contributed by atoms with E-state index in [9.17, 15) is 4.79 Å². The highest BCUT2D eigenvalue weighted by Crippen LogP contribution is 2.07. The fourth-order valence-corrected chi connectivity index (χ4v) is 1.11. The van der Waals surface area contributed by atoms with Gasteiger partial charge >= 0.3 is 0 Å². The van der Waals surface area contributed by atoms with E-state index in [1.54, 1.807) is 6.07 Å². The number of aryl methyl sites for hydroxylation is 1. The molecule has 0 aliphatic heterocycles. The van der Waals surface area contributed by atoms with E-state index in [2.05, 4.69) is 5.32 Å². The third-order valence-corrected chi connectivity index (χ3v) is 1.86. The van der Waals surface area contributed by atoms with Crippen molar-refractivity contribution >= 4 is 5.91 Å². The topological polar surface area (TPSA) is 77.5 Å². The highest BCUT2D eigenvalue weighted by atomic mass is 16.5. The van der Waals surface area contributed by atoms with Gasteiger partial charge in [-0.1, -0.05) is 0 Å². The van der Waals surface area contributed by atoms with Crippen molar-refractivity contribution in [2.24, 2.45) is 5.73 Å². The van der Waals surface area contributed by atoms with Crippen molar-refractivity contribution in [1.29, 1.82) is 0 Å². The molecule has 1 amide bonds. The van der Waals surface area contributed by atoms with Crippen molar-refractivity contribution in [1.82, 2.24) is 5.32 Å². The zero-order valence-corrected chi connectivity index (χ0v) is 8.79. The highest BCUT2D eigenvalue weighted by molar-refractivity contribution is 5.92. The second-order valence-corrected chi connectivity index (χ2v) is 3.09. The lowest BCUT2D eigenvalue weighted by Gasteiger charge is -2.04. The third-order valence-electron chi connectivity index (χ3n) is 1.86. The number of furan rings is 1. The van der Waals surface area contributed by atoms with E-state index in [0.717, 1.165) is 5.56 Å². The van der Waals surface area contributed by atoms with Crippen LogP contribution < -0.4 is 11.1 Å². The molecule has 5 nitrogen and oxygen atoms in total. The van der Waals surface area contributed by atoms with Gasteiger partial charge in [-0.05, 0) is 13.0 Å². The predicted molar refractivity (Wildman–Crippen MR) is 55.7 cm³/mol. The number of nitrogens with one attached hydrogen (secondary N) is 1. The number of hydrogen-bond acceptors (Lipinski definition) is 4. The molecule has 1 heterocycles. The quantitative estimate of drug-likeness (QED) is 0.664. The number of carbonyl (C=O) groups excluding carboxylic acids is 1. The van der Waals surface area contributed by atoms with E-state index in [1.165, 1.54) is 6.26 Å². The van der Waals surface area contributed by atoms with Gasteiger partial charge in [0.25, 0.3) is 5.91 Å². The molecule has 0 saturated carbocycles. The number of ether oxygens (including phenoxy) is 1. The van der Waals surface area contributed by atoms with Gasteiger partial charge in [0.15, 0.2) is 5.76 Å². The summed E-state index contributed by atoms with van der Waals surface area (Å²) in [5.41, 5.74) is 6.07. The summed E-state index contributed by atoms with van der Waals surface area (Å²) < 4.78 is 10.1. The van der Waals surface area contributed by atoms with Crippen LogP contribution in [-0.2, 0) is 4.74 Å². The summed E-state index contributed by atoms with van der Waals surface area (Å²) in [7, 11) is 0. The van der Waals surface area contributed by atoms with Gasteiger partial charge in [-0.3, -0.25) is 4.79 Å². The summed E-state index contributed by atoms with van der Waals surface area (Å²) >= 11 is 0. The van der Waals surface area contributed by atoms with Gasteiger partial charge in [-0.2, -0.15) is 0 Å². The monoisotopic (exact) mass is 212 g/mol. The summed E-state index contributed by atoms with van der Waals surface area (Å²) in [5.74, 6) is 0.141. The van der Waals surface area contributed by atoms with E-state index in [1.807, 2.05) is 6.92 Å². The molecule has 0 atom stereocenters. The molecule has 0 aromatic carbocycles. The molecule has 1 aromatic rings. The summed E-state index contributed by atoms with van der Waals surface area (Å²) in [6.45, 7) is 3.74. The Bertz CT molecular complexity index is 309. The first-order valence-electron chi connectivity index (χ1n) is 4.86. The van der Waals surface area contributed by atoms with Gasteiger partial charge in [0.05, 0.1) is 19.5 Å². The van der Waals surface area contributed by atoms with Crippen molar-refractivity contribution in [3.8, 4) is 0 Å². The molecule has 1 aromatic heterocycles. The van der Waals surface area contributed by atoms with Gasteiger partial charge in [-0.15, -0.1) is 0 Å². The molecule has 0 unspecified atom stereocenters. The Morgan fingerprint density at radius 2 is 2.40 bits per heavy atom. The Hall–Kier alpha value is -1.33. The average Bonchev–Trinajstić information content (AvgIpc) is 2.64. The minimum absolute atomic E-state index is 0.214. The maximum absolute atomic E-state index is 11.5. The Morgan fingerprint density at radius 1 is 1.60 bits per heavy atom. The molecule has 0 aliphatic rings. The second kappa shape index (κ2) is 6.21. The summed E-state index contributed by atoms with van der Waals surface area (Å²) in [6, 6.07) is 1.75. The molecule has 0 radical (unpaired) electrons. The minimum atomic E-state index is -0.214. The lowest BCUT2D eigenvalue weighted by molar-refractivity contribution is 0.0892. The van der Waals surface area contributed by atoms with E-state index in [0.29, 0.717) is 32.1 Å². The molecular formula is C10H16N2O3. The Balaban J connectivity index is 2.22. The lowest BCUT2D eigenvalue weighted by Crippen LogP contribution is -2.28. The van der Waals surface area contributed by atoms with Crippen LogP contribution in [0.1, 0.15) is 16.1 Å². The molecule has 0 fully saturated rings. The van der Waals surface area contributed by atoms with Crippen molar-refractivity contribution in [3.63, 3.8) is 0 Å². The zero-order chi connectivity index (χ0) is 11.1. The van der Waals surface area contributed by atoms with Crippen LogP contribution in [0.2, 0.25) is 0 Å². The van der Waals surface area contributed by atoms with E-state index < -0.39 is 0 Å². The standard InChI is InChI=1S/C10H16N2O3/c1-8-2-5-15-9(8)10(13)12-4-7-14-6-3-11/h2,5H,3-4,6-7,11H2,1H3,(H,12,13). The summed E-state index contributed by atoms with van der Waals surface area (Å²) in [5, 5.41) is 2.69. The number of nitrogens with two attached hydrogens (primary N) is 1. The van der Waals surface area contributed by atoms with Crippen molar-refractivity contribution in [2.75, 3.05) is 26.3 Å². The smallest absolute Gasteiger partial charge is 0.287 e. The maximum atomic E-state index is 11.5. The predicted octanol–water partition coefficient (Wildman–Crippen LogP) is 0.293. The lowest BCUT2D eigenvalue weighted by atomic mass is 10.3. The fraction of sp³-hybridized carbons (Fsp3) is 0.500. The van der Waals surface area contributed by atoms with Crippen LogP contribution in [0, 0.1) is 6.92 Å². The minimum Gasteiger partial charge on any atom is -0.459 e. The van der Waals surface area contributed by atoms with Crippen LogP contribution in [0.15, 0.2) is 16.7 Å². The Labute approximate surface area is 88.6 Å². The highest BCUT2D eigenvalue weighted by Gasteiger charge is 2.10. The van der Waals surface area contributed by atoms with Crippen LogP contribution >= 0.6 is 0 Å². The fourth-order valence-electron chi connectivity index (χ4n) is 1.11. The van der Waals surface area contributed by atoms with E-state index in [4.69, 9.17) is 14.9 Å². The van der Waals surface area contributed by atoms with Crippen LogP contribution in [-0.4, -0.2) is 32.2 Å². The summed E-state index contributed by atoms with van der Waals surface area (Å²) in [6.07, 6.45) is 1.50. The van der Waals surface area contributed by atoms with Crippen LogP contribution in [0.3, 0.4) is 0 Å². The second-order valence-electron chi connectivity index (χ2n) is 3.09. The molecule has 15 heavy (non-hydrogen) atoms. The van der Waals surface area contributed by atoms with Crippen molar-refractivity contribution in [3.05, 3.63) is 23.7 Å². The maximum Gasteiger partial charge on any atom is 0.287 e. The Morgan fingerprint density at radius 3 is 3.00 bits per heavy atom. The van der Waals surface area contributed by atoms with Crippen molar-refractivity contribution in [2.45, 2.75) is 6.92 Å². The van der Waals surface area contributed by atoms with Crippen molar-refractivity contribution < 1.29 is 13.9 Å². The SMILES string of the molecule is Cc1ccoc1C(=O)NCCOCCN. The number of carbonyl (C=O) groups is 1. The van der Waals surface area contributed by atoms with Gasteiger partial charge in [0.2, 0.25) is 0 Å². The molecule has 0 saturated heterocycles. The molecule has 84 valence electrons. The molecule has 0 aliphatic carbocycles. The molecule has 5 heteroatoms. The normalized spacial score (nSPS) is 10.3. The van der Waals surface area contributed by atoms with Gasteiger partial charge in [0, 0.05) is 18.7 Å². The molecule has 1 rings (SSSR count). The molecule has 0 bridgehead atoms. The molecule has 0 spiro atoms. The van der Waals surface area contributed by atoms with Gasteiger partial charge in [-0.25, -0.2) is 0 Å². The largest absolute Gasteiger partial charge is 0.459 e. The van der Waals surface area contributed by atoms with Crippen LogP contribution in [0.25, 0.3) is 0 Å². The third kappa shape index (κ3) is 3.73. The van der Waals surface area contributed by atoms with Gasteiger partial charge in [0.1, 0.15) is 0 Å².